The van der Waals surface area contributed by atoms with Crippen LogP contribution in [0.5, 0.6) is 0 Å². The summed E-state index contributed by atoms with van der Waals surface area (Å²) >= 11 is 0. The number of aromatic nitrogens is 1. The average molecular weight is 941 g/mol. The molecule has 0 aliphatic heterocycles. The van der Waals surface area contributed by atoms with Crippen LogP contribution in [0.2, 0.25) is 0 Å². The number of furan rings is 1. The molecule has 3 heteroatoms. The molecule has 0 atom stereocenters. The van der Waals surface area contributed by atoms with E-state index < -0.39 is 5.41 Å². The maximum atomic E-state index is 7.43. The molecule has 1 spiro atoms. The molecule has 2 aliphatic carbocycles. The van der Waals surface area contributed by atoms with Gasteiger partial charge in [0.2, 0.25) is 0 Å². The SMILES string of the molecule is c1ccc(-c2ccc(N(c3ccccc3)c3ccc4c5ccccc5n(-c5cccc6oc7c(-c8cccc9c8C8(c%10ccccc%10-c%10ccccc%108)c8ccccc8-9)c8ccccc8cc7c56)c4c3)cc2)cc1. The van der Waals surface area contributed by atoms with E-state index in [1.807, 2.05) is 0 Å². The second kappa shape index (κ2) is 15.6. The summed E-state index contributed by atoms with van der Waals surface area (Å²) in [6.45, 7) is 0. The quantitative estimate of drug-likeness (QED) is 0.166. The first kappa shape index (κ1) is 41.0. The molecule has 12 aromatic carbocycles. The van der Waals surface area contributed by atoms with Crippen molar-refractivity contribution in [2.75, 3.05) is 4.90 Å². The van der Waals surface area contributed by atoms with E-state index in [1.54, 1.807) is 0 Å². The van der Waals surface area contributed by atoms with E-state index in [1.165, 1.54) is 82.7 Å². The van der Waals surface area contributed by atoms with Crippen LogP contribution in [0, 0.1) is 0 Å². The van der Waals surface area contributed by atoms with Gasteiger partial charge >= 0.3 is 0 Å². The summed E-state index contributed by atoms with van der Waals surface area (Å²) in [5.74, 6) is 0. The second-order valence-electron chi connectivity index (χ2n) is 19.9. The summed E-state index contributed by atoms with van der Waals surface area (Å²) in [4.78, 5) is 2.37. The molecule has 3 nitrogen and oxygen atoms in total. The Kier molecular flexibility index (Phi) is 8.66. The highest BCUT2D eigenvalue weighted by Crippen LogP contribution is 2.65. The molecule has 2 aromatic heterocycles. The molecule has 16 rings (SSSR count). The molecule has 0 unspecified atom stereocenters. The van der Waals surface area contributed by atoms with Crippen LogP contribution in [-0.2, 0) is 5.41 Å². The fourth-order valence-electron chi connectivity index (χ4n) is 13.2. The van der Waals surface area contributed by atoms with Crippen LogP contribution < -0.4 is 4.90 Å². The summed E-state index contributed by atoms with van der Waals surface area (Å²) in [7, 11) is 0. The van der Waals surface area contributed by atoms with Gasteiger partial charge in [-0.05, 0) is 133 Å². The van der Waals surface area contributed by atoms with Gasteiger partial charge in [-0.2, -0.15) is 0 Å². The third-order valence-electron chi connectivity index (χ3n) is 16.2. The Bertz CT molecular complexity index is 4540. The molecule has 2 heterocycles. The van der Waals surface area contributed by atoms with Crippen LogP contribution in [0.4, 0.5) is 17.1 Å². The zero-order valence-electron chi connectivity index (χ0n) is 40.2. The second-order valence-corrected chi connectivity index (χ2v) is 19.9. The van der Waals surface area contributed by atoms with Crippen LogP contribution in [0.15, 0.2) is 271 Å². The highest BCUT2D eigenvalue weighted by atomic mass is 16.3. The van der Waals surface area contributed by atoms with Crippen molar-refractivity contribution in [3.8, 4) is 50.2 Å². The van der Waals surface area contributed by atoms with Gasteiger partial charge in [-0.25, -0.2) is 0 Å². The number of fused-ring (bicyclic) bond motifs is 17. The Balaban J connectivity index is 0.957. The minimum absolute atomic E-state index is 0.533. The lowest BCUT2D eigenvalue weighted by Crippen LogP contribution is -2.26. The first-order valence-electron chi connectivity index (χ1n) is 25.6. The minimum Gasteiger partial charge on any atom is -0.455 e. The van der Waals surface area contributed by atoms with Crippen molar-refractivity contribution < 1.29 is 4.42 Å². The summed E-state index contributed by atoms with van der Waals surface area (Å²) in [5.41, 5.74) is 22.9. The number of anilines is 3. The van der Waals surface area contributed by atoms with E-state index in [2.05, 4.69) is 276 Å². The molecule has 74 heavy (non-hydrogen) atoms. The largest absolute Gasteiger partial charge is 0.455 e. The molecular weight excluding hydrogens is 897 g/mol. The van der Waals surface area contributed by atoms with Crippen molar-refractivity contribution >= 4 is 71.6 Å². The molecule has 344 valence electrons. The van der Waals surface area contributed by atoms with Crippen LogP contribution in [0.1, 0.15) is 22.3 Å². The maximum absolute atomic E-state index is 7.43. The number of benzene rings is 12. The summed E-state index contributed by atoms with van der Waals surface area (Å²) in [6, 6.07) is 98.0. The number of hydrogen-bond acceptors (Lipinski definition) is 2. The Morgan fingerprint density at radius 1 is 0.351 bits per heavy atom. The fourth-order valence-corrected chi connectivity index (χ4v) is 13.2. The molecule has 2 aliphatic rings. The van der Waals surface area contributed by atoms with E-state index >= 15 is 0 Å². The van der Waals surface area contributed by atoms with E-state index in [0.717, 1.165) is 61.3 Å². The van der Waals surface area contributed by atoms with Gasteiger partial charge in [0.05, 0.1) is 27.5 Å². The molecule has 14 aromatic rings. The number of para-hydroxylation sites is 2. The molecule has 0 bridgehead atoms. The van der Waals surface area contributed by atoms with E-state index in [9.17, 15) is 0 Å². The summed E-state index contributed by atoms with van der Waals surface area (Å²) in [5, 5.41) is 6.90. The average Bonchev–Trinajstić information content (AvgIpc) is 4.34. The summed E-state index contributed by atoms with van der Waals surface area (Å²) in [6.07, 6.45) is 0. The summed E-state index contributed by atoms with van der Waals surface area (Å²) < 4.78 is 9.91. The smallest absolute Gasteiger partial charge is 0.143 e. The molecule has 0 saturated heterocycles. The van der Waals surface area contributed by atoms with Crippen molar-refractivity contribution in [1.29, 1.82) is 0 Å². The van der Waals surface area contributed by atoms with Crippen LogP contribution in [0.25, 0.3) is 105 Å². The van der Waals surface area contributed by atoms with Gasteiger partial charge in [-0.15, -0.1) is 0 Å². The zero-order valence-corrected chi connectivity index (χ0v) is 40.2. The third-order valence-corrected chi connectivity index (χ3v) is 16.2. The number of nitrogens with zero attached hydrogens (tertiary/aromatic N) is 2. The van der Waals surface area contributed by atoms with E-state index in [0.29, 0.717) is 0 Å². The lowest BCUT2D eigenvalue weighted by Gasteiger charge is -2.32. The number of rotatable bonds is 6. The predicted octanol–water partition coefficient (Wildman–Crippen LogP) is 19.0. The standard InChI is InChI=1S/C71H44N2O/c1-3-19-45(20-4-1)46-37-39-49(40-38-46)72(48-22-5-2-6-23-48)50-41-42-56-55-28-12-16-34-63(55)73(65(56)44-50)64-35-18-36-66-68(64)59-43-47-21-7-8-24-51(47)67(70(59)74-66)58-30-17-29-57-54-27-11-15-33-62(54)71(69(57)58)60-31-13-9-25-52(60)53-26-10-14-32-61(53)71/h1-44H. The van der Waals surface area contributed by atoms with Gasteiger partial charge in [0, 0.05) is 38.8 Å². The van der Waals surface area contributed by atoms with Crippen LogP contribution >= 0.6 is 0 Å². The van der Waals surface area contributed by atoms with Crippen molar-refractivity contribution in [3.05, 3.63) is 289 Å². The molecular formula is C71H44N2O. The highest BCUT2D eigenvalue weighted by Gasteiger charge is 2.53. The van der Waals surface area contributed by atoms with Gasteiger partial charge in [0.15, 0.2) is 0 Å². The molecule has 0 amide bonds. The predicted molar refractivity (Wildman–Crippen MR) is 307 cm³/mol. The topological polar surface area (TPSA) is 21.3 Å². The van der Waals surface area contributed by atoms with Crippen molar-refractivity contribution in [3.63, 3.8) is 0 Å². The van der Waals surface area contributed by atoms with Crippen LogP contribution in [-0.4, -0.2) is 4.57 Å². The van der Waals surface area contributed by atoms with Gasteiger partial charge in [0.1, 0.15) is 11.2 Å². The number of hydrogen-bond donors (Lipinski definition) is 0. The highest BCUT2D eigenvalue weighted by molar-refractivity contribution is 6.22. The van der Waals surface area contributed by atoms with Crippen LogP contribution in [0.3, 0.4) is 0 Å². The molecule has 0 saturated carbocycles. The lowest BCUT2D eigenvalue weighted by molar-refractivity contribution is 0.670. The van der Waals surface area contributed by atoms with Gasteiger partial charge < -0.3 is 13.9 Å². The lowest BCUT2D eigenvalue weighted by atomic mass is 9.68. The van der Waals surface area contributed by atoms with Gasteiger partial charge in [0.25, 0.3) is 0 Å². The van der Waals surface area contributed by atoms with Gasteiger partial charge in [-0.3, -0.25) is 0 Å². The third kappa shape index (κ3) is 5.61. The van der Waals surface area contributed by atoms with Crippen molar-refractivity contribution in [2.24, 2.45) is 0 Å². The minimum atomic E-state index is -0.533. The Labute approximate surface area is 428 Å². The van der Waals surface area contributed by atoms with E-state index in [4.69, 9.17) is 4.42 Å². The Morgan fingerprint density at radius 2 is 0.892 bits per heavy atom. The normalized spacial score (nSPS) is 13.0. The zero-order chi connectivity index (χ0) is 48.5. The maximum Gasteiger partial charge on any atom is 0.143 e. The Morgan fingerprint density at radius 3 is 1.64 bits per heavy atom. The first-order valence-corrected chi connectivity index (χ1v) is 25.6. The molecule has 0 fully saturated rings. The molecule has 0 radical (unpaired) electrons. The van der Waals surface area contributed by atoms with Gasteiger partial charge in [-0.1, -0.05) is 206 Å². The fraction of sp³-hybridized carbons (Fsp3) is 0.0141. The first-order chi connectivity index (χ1) is 36.7. The monoisotopic (exact) mass is 940 g/mol. The van der Waals surface area contributed by atoms with E-state index in [-0.39, 0.29) is 0 Å². The van der Waals surface area contributed by atoms with Crippen molar-refractivity contribution in [2.45, 2.75) is 5.41 Å². The van der Waals surface area contributed by atoms with Crippen molar-refractivity contribution in [1.82, 2.24) is 4.57 Å². The molecule has 0 N–H and O–H groups in total. The Hall–Kier alpha value is -9.70.